The highest BCUT2D eigenvalue weighted by atomic mass is 32.2. The fourth-order valence-corrected chi connectivity index (χ4v) is 3.19. The summed E-state index contributed by atoms with van der Waals surface area (Å²) >= 11 is 1.47. The molecule has 0 amide bonds. The van der Waals surface area contributed by atoms with E-state index in [0.717, 1.165) is 22.2 Å². The Morgan fingerprint density at radius 2 is 2.00 bits per heavy atom. The maximum atomic E-state index is 10.4. The van der Waals surface area contributed by atoms with Gasteiger partial charge in [-0.1, -0.05) is 47.7 Å². The number of hydrogen-bond donors (Lipinski definition) is 1. The van der Waals surface area contributed by atoms with Gasteiger partial charge in [-0.05, 0) is 24.6 Å². The second kappa shape index (κ2) is 7.51. The lowest BCUT2D eigenvalue weighted by molar-refractivity contribution is 0.204. The largest absolute Gasteiger partial charge is 0.497 e. The van der Waals surface area contributed by atoms with Crippen LogP contribution in [0.25, 0.3) is 5.69 Å². The summed E-state index contributed by atoms with van der Waals surface area (Å²) < 4.78 is 7.14. The molecule has 0 aliphatic heterocycles. The molecule has 2 aromatic carbocycles. The van der Waals surface area contributed by atoms with E-state index < -0.39 is 6.10 Å². The Morgan fingerprint density at radius 1 is 1.21 bits per heavy atom. The van der Waals surface area contributed by atoms with Crippen molar-refractivity contribution in [3.8, 4) is 11.4 Å². The first-order chi connectivity index (χ1) is 11.7. The molecule has 6 heteroatoms. The van der Waals surface area contributed by atoms with Gasteiger partial charge in [-0.15, -0.1) is 10.2 Å². The van der Waals surface area contributed by atoms with Gasteiger partial charge in [-0.3, -0.25) is 4.57 Å². The van der Waals surface area contributed by atoms with Crippen molar-refractivity contribution < 1.29 is 9.84 Å². The maximum absolute atomic E-state index is 10.4. The Balaban J connectivity index is 1.72. The van der Waals surface area contributed by atoms with Crippen molar-refractivity contribution in [2.45, 2.75) is 18.2 Å². The number of aryl methyl sites for hydroxylation is 1. The summed E-state index contributed by atoms with van der Waals surface area (Å²) in [4.78, 5) is 0. The summed E-state index contributed by atoms with van der Waals surface area (Å²) in [6, 6.07) is 15.6. The minimum absolute atomic E-state index is 0.506. The predicted octanol–water partition coefficient (Wildman–Crippen LogP) is 3.41. The van der Waals surface area contributed by atoms with Gasteiger partial charge in [0, 0.05) is 11.8 Å². The number of benzene rings is 2. The Kier molecular flexibility index (Phi) is 5.17. The molecule has 24 heavy (non-hydrogen) atoms. The van der Waals surface area contributed by atoms with Crippen molar-refractivity contribution in [1.29, 1.82) is 0 Å². The average Bonchev–Trinajstić information content (AvgIpc) is 3.09. The van der Waals surface area contributed by atoms with Gasteiger partial charge in [0.2, 0.25) is 0 Å². The van der Waals surface area contributed by atoms with Crippen LogP contribution in [-0.2, 0) is 0 Å². The number of aliphatic hydroxyl groups excluding tert-OH is 1. The van der Waals surface area contributed by atoms with Gasteiger partial charge in [0.1, 0.15) is 12.1 Å². The first-order valence-electron chi connectivity index (χ1n) is 7.59. The van der Waals surface area contributed by atoms with E-state index in [0.29, 0.717) is 5.75 Å². The van der Waals surface area contributed by atoms with Crippen molar-refractivity contribution in [3.05, 3.63) is 66.0 Å². The number of thioether (sulfide) groups is 1. The van der Waals surface area contributed by atoms with Crippen LogP contribution in [0.2, 0.25) is 0 Å². The van der Waals surface area contributed by atoms with Crippen LogP contribution in [0.5, 0.6) is 5.75 Å². The lowest BCUT2D eigenvalue weighted by Gasteiger charge is -2.12. The highest BCUT2D eigenvalue weighted by molar-refractivity contribution is 7.99. The van der Waals surface area contributed by atoms with Gasteiger partial charge in [0.15, 0.2) is 5.16 Å². The molecule has 3 aromatic rings. The molecule has 1 N–H and O–H groups in total. The van der Waals surface area contributed by atoms with Crippen molar-refractivity contribution in [2.75, 3.05) is 12.9 Å². The van der Waals surface area contributed by atoms with Gasteiger partial charge in [0.05, 0.1) is 18.9 Å². The average molecular weight is 341 g/mol. The monoisotopic (exact) mass is 341 g/mol. The van der Waals surface area contributed by atoms with Crippen molar-refractivity contribution in [3.63, 3.8) is 0 Å². The molecule has 1 unspecified atom stereocenters. The Hall–Kier alpha value is -2.31. The normalized spacial score (nSPS) is 12.1. The molecule has 0 aliphatic carbocycles. The van der Waals surface area contributed by atoms with Gasteiger partial charge in [-0.2, -0.15) is 0 Å². The number of hydrogen-bond acceptors (Lipinski definition) is 5. The lowest BCUT2D eigenvalue weighted by Crippen LogP contribution is -2.02. The van der Waals surface area contributed by atoms with Crippen LogP contribution in [0.4, 0.5) is 0 Å². The molecule has 5 nitrogen and oxygen atoms in total. The van der Waals surface area contributed by atoms with Crippen LogP contribution in [0.15, 0.2) is 60.0 Å². The number of nitrogens with zero attached hydrogens (tertiary/aromatic N) is 3. The highest BCUT2D eigenvalue weighted by Crippen LogP contribution is 2.26. The molecule has 0 fully saturated rings. The third-order valence-corrected chi connectivity index (χ3v) is 4.70. The minimum atomic E-state index is -0.550. The molecule has 1 aromatic heterocycles. The standard InChI is InChI=1S/C18H19N3O2S/c1-13-6-8-14(9-7-13)17(22)11-24-18-20-19-12-21(18)15-4-3-5-16(10-15)23-2/h3-10,12,17,22H,11H2,1-2H3. The van der Waals surface area contributed by atoms with Crippen LogP contribution >= 0.6 is 11.8 Å². The molecule has 1 atom stereocenters. The fourth-order valence-electron chi connectivity index (χ4n) is 2.30. The molecule has 0 bridgehead atoms. The number of rotatable bonds is 6. The summed E-state index contributed by atoms with van der Waals surface area (Å²) in [5, 5.41) is 19.2. The quantitative estimate of drug-likeness (QED) is 0.696. The zero-order chi connectivity index (χ0) is 16.9. The number of ether oxygens (including phenoxy) is 1. The van der Waals surface area contributed by atoms with Crippen molar-refractivity contribution >= 4 is 11.8 Å². The molecular weight excluding hydrogens is 322 g/mol. The minimum Gasteiger partial charge on any atom is -0.497 e. The van der Waals surface area contributed by atoms with Gasteiger partial charge in [0.25, 0.3) is 0 Å². The molecule has 1 heterocycles. The molecule has 0 saturated heterocycles. The Bertz CT molecular complexity index is 802. The summed E-state index contributed by atoms with van der Waals surface area (Å²) in [5.74, 6) is 1.28. The molecular formula is C18H19N3O2S. The van der Waals surface area contributed by atoms with E-state index in [1.165, 1.54) is 17.3 Å². The first-order valence-corrected chi connectivity index (χ1v) is 8.58. The van der Waals surface area contributed by atoms with Gasteiger partial charge < -0.3 is 9.84 Å². The van der Waals surface area contributed by atoms with E-state index in [9.17, 15) is 5.11 Å². The van der Waals surface area contributed by atoms with Gasteiger partial charge >= 0.3 is 0 Å². The molecule has 0 radical (unpaired) electrons. The van der Waals surface area contributed by atoms with E-state index in [1.807, 2.05) is 60.0 Å². The molecule has 124 valence electrons. The number of methoxy groups -OCH3 is 1. The summed E-state index contributed by atoms with van der Waals surface area (Å²) in [7, 11) is 1.64. The van der Waals surface area contributed by atoms with Crippen LogP contribution in [0.1, 0.15) is 17.2 Å². The third-order valence-electron chi connectivity index (χ3n) is 3.68. The number of aromatic nitrogens is 3. The molecule has 0 saturated carbocycles. The molecule has 3 rings (SSSR count). The van der Waals surface area contributed by atoms with Crippen LogP contribution in [0, 0.1) is 6.92 Å². The predicted molar refractivity (Wildman–Crippen MR) is 94.8 cm³/mol. The van der Waals surface area contributed by atoms with E-state index in [1.54, 1.807) is 13.4 Å². The third kappa shape index (κ3) is 3.77. The van der Waals surface area contributed by atoms with E-state index >= 15 is 0 Å². The molecule has 0 aliphatic rings. The van der Waals surface area contributed by atoms with Gasteiger partial charge in [-0.25, -0.2) is 0 Å². The lowest BCUT2D eigenvalue weighted by atomic mass is 10.1. The zero-order valence-corrected chi connectivity index (χ0v) is 14.4. The van der Waals surface area contributed by atoms with Crippen molar-refractivity contribution in [2.24, 2.45) is 0 Å². The first kappa shape index (κ1) is 16.5. The topological polar surface area (TPSA) is 60.2 Å². The van der Waals surface area contributed by atoms with Crippen molar-refractivity contribution in [1.82, 2.24) is 14.8 Å². The summed E-state index contributed by atoms with van der Waals surface area (Å²) in [6.07, 6.45) is 1.11. The van der Waals surface area contributed by atoms with Crippen LogP contribution < -0.4 is 4.74 Å². The summed E-state index contributed by atoms with van der Waals surface area (Å²) in [6.45, 7) is 2.03. The second-order valence-corrected chi connectivity index (χ2v) is 6.41. The Labute approximate surface area is 145 Å². The highest BCUT2D eigenvalue weighted by Gasteiger charge is 2.12. The van der Waals surface area contributed by atoms with E-state index in [-0.39, 0.29) is 0 Å². The van der Waals surface area contributed by atoms with E-state index in [2.05, 4.69) is 10.2 Å². The summed E-state index contributed by atoms with van der Waals surface area (Å²) in [5.41, 5.74) is 3.00. The zero-order valence-electron chi connectivity index (χ0n) is 13.6. The molecule has 0 spiro atoms. The fraction of sp³-hybridized carbons (Fsp3) is 0.222. The van der Waals surface area contributed by atoms with Crippen LogP contribution in [-0.4, -0.2) is 32.7 Å². The van der Waals surface area contributed by atoms with Crippen LogP contribution in [0.3, 0.4) is 0 Å². The Morgan fingerprint density at radius 3 is 2.75 bits per heavy atom. The second-order valence-electron chi connectivity index (χ2n) is 5.42. The van der Waals surface area contributed by atoms with E-state index in [4.69, 9.17) is 4.74 Å². The number of aliphatic hydroxyl groups is 1. The smallest absolute Gasteiger partial charge is 0.195 e. The maximum Gasteiger partial charge on any atom is 0.195 e. The SMILES string of the molecule is COc1cccc(-n2cnnc2SCC(O)c2ccc(C)cc2)c1.